The van der Waals surface area contributed by atoms with Crippen LogP contribution in [0.5, 0.6) is 0 Å². The molecule has 2 aliphatic rings. The van der Waals surface area contributed by atoms with Crippen LogP contribution in [0.4, 0.5) is 5.69 Å². The van der Waals surface area contributed by atoms with Gasteiger partial charge in [-0.2, -0.15) is 0 Å². The highest BCUT2D eigenvalue weighted by atomic mass is 15.1. The summed E-state index contributed by atoms with van der Waals surface area (Å²) in [6, 6.07) is 62.8. The molecule has 0 atom stereocenters. The third kappa shape index (κ3) is 11.0. The summed E-state index contributed by atoms with van der Waals surface area (Å²) in [4.78, 5) is 2.33. The normalized spacial score (nSPS) is 14.9. The molecule has 65 heavy (non-hydrogen) atoms. The summed E-state index contributed by atoms with van der Waals surface area (Å²) in [5, 5.41) is 9.20. The number of nitrogens with one attached hydrogen (secondary N) is 2. The van der Waals surface area contributed by atoms with Crippen molar-refractivity contribution in [3.8, 4) is 27.9 Å². The molecule has 3 heterocycles. The van der Waals surface area contributed by atoms with Crippen molar-refractivity contribution in [3.05, 3.63) is 223 Å². The van der Waals surface area contributed by atoms with E-state index in [1.54, 1.807) is 0 Å². The Hall–Kier alpha value is -7.14. The number of aromatic nitrogens is 1. The fourth-order valence-electron chi connectivity index (χ4n) is 8.54. The molecule has 328 valence electrons. The molecule has 7 aromatic carbocycles. The molecular weight excluding hydrogens is 789 g/mol. The molecule has 0 spiro atoms. The van der Waals surface area contributed by atoms with E-state index in [1.807, 2.05) is 19.9 Å². The van der Waals surface area contributed by atoms with Gasteiger partial charge in [0.05, 0.1) is 17.7 Å². The number of nitrogens with zero attached hydrogens (tertiary/aromatic N) is 2. The predicted octanol–water partition coefficient (Wildman–Crippen LogP) is 15.6. The first kappa shape index (κ1) is 45.9. The first-order valence-corrected chi connectivity index (χ1v) is 23.4. The van der Waals surface area contributed by atoms with Crippen molar-refractivity contribution in [3.63, 3.8) is 0 Å². The van der Waals surface area contributed by atoms with E-state index in [-0.39, 0.29) is 0 Å². The molecule has 2 N–H and O–H groups in total. The standard InChI is InChI=1S/C31H26N2.C22H20N2.C6H12.C2H6/c1-22-20-24(18-19-32(2)29-14-8-6-12-26(22)29)23-16-17-31-28(21-23)27-13-7-9-15-30(27)33(31)25-10-4-3-5-11-25;1-2-6-17(7-3-1)18-10-12-19(13-11-18)21-8-4-5-9-22(21)20-14-23-16-24-15-20;1-3-5-6-4-2;1-2/h3-18,20-21H,19H2,1-2H3;1-14,23-24H,15-16H2;5-6H,3-4H2,1-2H3;1-2H3/b22-20+,24-18+;;6-5-;. The molecule has 2 aliphatic heterocycles. The van der Waals surface area contributed by atoms with E-state index < -0.39 is 0 Å². The molecule has 4 nitrogen and oxygen atoms in total. The molecule has 0 unspecified atom stereocenters. The monoisotopic (exact) mass is 853 g/mol. The maximum absolute atomic E-state index is 3.36. The van der Waals surface area contributed by atoms with Gasteiger partial charge in [0.25, 0.3) is 0 Å². The molecule has 0 radical (unpaired) electrons. The second kappa shape index (κ2) is 23.0. The van der Waals surface area contributed by atoms with Gasteiger partial charge in [0.2, 0.25) is 0 Å². The lowest BCUT2D eigenvalue weighted by Gasteiger charge is -2.24. The predicted molar refractivity (Wildman–Crippen MR) is 284 cm³/mol. The Morgan fingerprint density at radius 1 is 0.554 bits per heavy atom. The molecule has 10 rings (SSSR count). The topological polar surface area (TPSA) is 32.2 Å². The van der Waals surface area contributed by atoms with Gasteiger partial charge in [-0.05, 0) is 106 Å². The van der Waals surface area contributed by atoms with Gasteiger partial charge >= 0.3 is 0 Å². The van der Waals surface area contributed by atoms with Crippen LogP contribution in [0.15, 0.2) is 206 Å². The van der Waals surface area contributed by atoms with Crippen molar-refractivity contribution >= 4 is 44.2 Å². The van der Waals surface area contributed by atoms with Crippen LogP contribution >= 0.6 is 0 Å². The molecule has 4 heteroatoms. The van der Waals surface area contributed by atoms with Gasteiger partial charge in [-0.3, -0.25) is 5.32 Å². The Morgan fingerprint density at radius 3 is 1.82 bits per heavy atom. The summed E-state index contributed by atoms with van der Waals surface area (Å²) in [6.07, 6.45) is 13.5. The molecule has 0 fully saturated rings. The number of likely N-dealkylation sites (N-methyl/N-ethyl adjacent to an activating group) is 1. The molecule has 0 saturated heterocycles. The Labute approximate surface area is 388 Å². The van der Waals surface area contributed by atoms with E-state index in [0.717, 1.165) is 19.8 Å². The van der Waals surface area contributed by atoms with Crippen LogP contribution in [0, 0.1) is 0 Å². The number of benzene rings is 7. The van der Waals surface area contributed by atoms with E-state index in [1.165, 1.54) is 102 Å². The smallest absolute Gasteiger partial charge is 0.0650 e. The number of allylic oxidation sites excluding steroid dienone is 5. The lowest BCUT2D eigenvalue weighted by Crippen LogP contribution is -2.32. The average molecular weight is 853 g/mol. The largest absolute Gasteiger partial charge is 0.378 e. The van der Waals surface area contributed by atoms with Crippen molar-refractivity contribution in [2.24, 2.45) is 0 Å². The summed E-state index contributed by atoms with van der Waals surface area (Å²) in [7, 11) is 2.17. The zero-order valence-electron chi connectivity index (χ0n) is 39.1. The van der Waals surface area contributed by atoms with Gasteiger partial charge in [-0.15, -0.1) is 0 Å². The molecule has 0 aliphatic carbocycles. The zero-order chi connectivity index (χ0) is 45.4. The Bertz CT molecular complexity index is 2890. The van der Waals surface area contributed by atoms with Crippen LogP contribution < -0.4 is 15.5 Å². The van der Waals surface area contributed by atoms with E-state index >= 15 is 0 Å². The number of hydrogen-bond acceptors (Lipinski definition) is 3. The van der Waals surface area contributed by atoms with Crippen LogP contribution in [0.3, 0.4) is 0 Å². The maximum Gasteiger partial charge on any atom is 0.0650 e. The van der Waals surface area contributed by atoms with E-state index in [4.69, 9.17) is 0 Å². The second-order valence-corrected chi connectivity index (χ2v) is 16.1. The summed E-state index contributed by atoms with van der Waals surface area (Å²) in [6.45, 7) is 13.1. The van der Waals surface area contributed by atoms with Gasteiger partial charge < -0.3 is 14.8 Å². The third-order valence-corrected chi connectivity index (χ3v) is 11.8. The van der Waals surface area contributed by atoms with E-state index in [0.29, 0.717) is 0 Å². The third-order valence-electron chi connectivity index (χ3n) is 11.8. The Kier molecular flexibility index (Phi) is 16.2. The minimum atomic E-state index is 0.831. The Morgan fingerprint density at radius 2 is 1.12 bits per heavy atom. The lowest BCUT2D eigenvalue weighted by molar-refractivity contribution is 0.678. The van der Waals surface area contributed by atoms with Gasteiger partial charge in [-0.25, -0.2) is 0 Å². The van der Waals surface area contributed by atoms with E-state index in [2.05, 4.69) is 248 Å². The lowest BCUT2D eigenvalue weighted by atomic mass is 9.93. The van der Waals surface area contributed by atoms with Gasteiger partial charge in [0.15, 0.2) is 0 Å². The molecule has 0 saturated carbocycles. The first-order valence-electron chi connectivity index (χ1n) is 23.4. The average Bonchev–Trinajstić information content (AvgIpc) is 3.72. The van der Waals surface area contributed by atoms with Gasteiger partial charge in [-0.1, -0.05) is 192 Å². The summed E-state index contributed by atoms with van der Waals surface area (Å²) in [5.41, 5.74) is 17.7. The van der Waals surface area contributed by atoms with Crippen LogP contribution in [0.2, 0.25) is 0 Å². The molecular formula is C61H64N4. The van der Waals surface area contributed by atoms with Crippen LogP contribution in [0.25, 0.3) is 66.5 Å². The molecule has 8 aromatic rings. The van der Waals surface area contributed by atoms with Gasteiger partial charge in [0.1, 0.15) is 0 Å². The fourth-order valence-corrected chi connectivity index (χ4v) is 8.54. The number of fused-ring (bicyclic) bond motifs is 4. The summed E-state index contributed by atoms with van der Waals surface area (Å²) >= 11 is 0. The minimum absolute atomic E-state index is 0.831. The summed E-state index contributed by atoms with van der Waals surface area (Å²) in [5.74, 6) is 0. The minimum Gasteiger partial charge on any atom is -0.378 e. The highest BCUT2D eigenvalue weighted by Crippen LogP contribution is 2.37. The van der Waals surface area contributed by atoms with E-state index in [9.17, 15) is 0 Å². The first-order chi connectivity index (χ1) is 32.0. The van der Waals surface area contributed by atoms with Crippen LogP contribution in [0.1, 0.15) is 64.2 Å². The van der Waals surface area contributed by atoms with Crippen molar-refractivity contribution < 1.29 is 0 Å². The Balaban J connectivity index is 0.000000173. The van der Waals surface area contributed by atoms with Crippen LogP contribution in [-0.2, 0) is 0 Å². The second-order valence-electron chi connectivity index (χ2n) is 16.1. The highest BCUT2D eigenvalue weighted by Gasteiger charge is 2.16. The zero-order valence-corrected chi connectivity index (χ0v) is 39.1. The van der Waals surface area contributed by atoms with Crippen molar-refractivity contribution in [1.82, 2.24) is 15.2 Å². The molecule has 1 aromatic heterocycles. The summed E-state index contributed by atoms with van der Waals surface area (Å²) < 4.78 is 2.37. The van der Waals surface area contributed by atoms with Crippen LogP contribution in [-0.4, -0.2) is 31.4 Å². The quantitative estimate of drug-likeness (QED) is 0.157. The van der Waals surface area contributed by atoms with Gasteiger partial charge in [0, 0.05) is 54.0 Å². The number of para-hydroxylation sites is 3. The number of anilines is 1. The number of hydrogen-bond donors (Lipinski definition) is 2. The number of rotatable bonds is 7. The highest BCUT2D eigenvalue weighted by molar-refractivity contribution is 6.10. The SMILES string of the molecule is C/C1=C\C(c2ccc3c(c2)c2ccccc2n3-c2ccccc2)=C/CN(C)c2ccccc21.C1=C(c2ccccc2-c2ccc(-c3ccccc3)cc2)CNCN1.CC.CC/C=C\CC. The van der Waals surface area contributed by atoms with Crippen molar-refractivity contribution in [2.45, 2.75) is 47.5 Å². The van der Waals surface area contributed by atoms with Crippen molar-refractivity contribution in [2.75, 3.05) is 31.7 Å². The maximum atomic E-state index is 3.36. The van der Waals surface area contributed by atoms with Crippen molar-refractivity contribution in [1.29, 1.82) is 0 Å². The fraction of sp³-hybridized carbons (Fsp3) is 0.180. The molecule has 0 amide bonds. The molecule has 0 bridgehead atoms.